The van der Waals surface area contributed by atoms with Crippen LogP contribution in [-0.2, 0) is 6.54 Å². The zero-order chi connectivity index (χ0) is 15.1. The summed E-state index contributed by atoms with van der Waals surface area (Å²) in [5.74, 6) is 7.70. The van der Waals surface area contributed by atoms with Crippen LogP contribution in [0.3, 0.4) is 0 Å². The van der Waals surface area contributed by atoms with E-state index < -0.39 is 0 Å². The predicted octanol–water partition coefficient (Wildman–Crippen LogP) is 3.25. The molecule has 2 nitrogen and oxygen atoms in total. The summed E-state index contributed by atoms with van der Waals surface area (Å²) < 4.78 is 0. The topological polar surface area (TPSA) is 29.3 Å². The van der Waals surface area contributed by atoms with Gasteiger partial charge in [0.15, 0.2) is 0 Å². The quantitative estimate of drug-likeness (QED) is 0.863. The van der Waals surface area contributed by atoms with Gasteiger partial charge in [-0.1, -0.05) is 37.8 Å². The van der Waals surface area contributed by atoms with Crippen LogP contribution in [-0.4, -0.2) is 24.5 Å². The molecule has 1 atom stereocenters. The normalized spacial score (nSPS) is 19.9. The lowest BCUT2D eigenvalue weighted by molar-refractivity contribution is 0.265. The maximum atomic E-state index is 5.40. The minimum absolute atomic E-state index is 0.423. The molecule has 0 aromatic heterocycles. The zero-order valence-electron chi connectivity index (χ0n) is 13.4. The molecule has 0 amide bonds. The van der Waals surface area contributed by atoms with E-state index in [1.54, 1.807) is 0 Å². The fourth-order valence-electron chi connectivity index (χ4n) is 3.11. The Morgan fingerprint density at radius 2 is 1.95 bits per heavy atom. The second kappa shape index (κ2) is 8.22. The van der Waals surface area contributed by atoms with E-state index in [4.69, 9.17) is 5.73 Å². The highest BCUT2D eigenvalue weighted by Crippen LogP contribution is 2.25. The molecule has 0 spiro atoms. The predicted molar refractivity (Wildman–Crippen MR) is 89.8 cm³/mol. The van der Waals surface area contributed by atoms with E-state index in [9.17, 15) is 0 Å². The Balaban J connectivity index is 1.89. The minimum atomic E-state index is 0.423. The van der Waals surface area contributed by atoms with Crippen LogP contribution in [0.2, 0.25) is 0 Å². The van der Waals surface area contributed by atoms with Crippen LogP contribution in [0, 0.1) is 23.7 Å². The molecule has 0 bridgehead atoms. The summed E-state index contributed by atoms with van der Waals surface area (Å²) in [7, 11) is 0. The summed E-state index contributed by atoms with van der Waals surface area (Å²) >= 11 is 0. The minimum Gasteiger partial charge on any atom is -0.320 e. The number of benzene rings is 1. The summed E-state index contributed by atoms with van der Waals surface area (Å²) in [5.41, 5.74) is 7.84. The van der Waals surface area contributed by atoms with Gasteiger partial charge in [-0.25, -0.2) is 0 Å². The van der Waals surface area contributed by atoms with E-state index in [1.165, 1.54) is 37.9 Å². The molecule has 1 unspecified atom stereocenters. The molecule has 1 aromatic rings. The van der Waals surface area contributed by atoms with Crippen LogP contribution in [0.25, 0.3) is 0 Å². The van der Waals surface area contributed by atoms with E-state index in [1.807, 2.05) is 0 Å². The number of rotatable bonds is 3. The lowest BCUT2D eigenvalue weighted by Crippen LogP contribution is -2.24. The first-order chi connectivity index (χ1) is 10.2. The number of likely N-dealkylation sites (tertiary alicyclic amines) is 1. The number of hydrogen-bond acceptors (Lipinski definition) is 2. The van der Waals surface area contributed by atoms with Crippen molar-refractivity contribution in [2.24, 2.45) is 17.6 Å². The number of nitrogens with two attached hydrogens (primary N) is 1. The summed E-state index contributed by atoms with van der Waals surface area (Å²) in [6.07, 6.45) is 4.07. The van der Waals surface area contributed by atoms with Crippen LogP contribution < -0.4 is 5.73 Å². The van der Waals surface area contributed by atoms with E-state index in [-0.39, 0.29) is 0 Å². The van der Waals surface area contributed by atoms with E-state index in [0.717, 1.165) is 23.9 Å². The highest BCUT2D eigenvalue weighted by atomic mass is 15.1. The number of hydrogen-bond donors (Lipinski definition) is 1. The van der Waals surface area contributed by atoms with Crippen LogP contribution >= 0.6 is 0 Å². The maximum Gasteiger partial charge on any atom is 0.0555 e. The van der Waals surface area contributed by atoms with Gasteiger partial charge in [-0.15, -0.1) is 0 Å². The molecule has 1 saturated heterocycles. The van der Waals surface area contributed by atoms with Gasteiger partial charge in [0.2, 0.25) is 0 Å². The SMILES string of the molecule is CC(C)C1CCCN(Cc2ccc(C#CCN)cc2)CC1. The highest BCUT2D eigenvalue weighted by Gasteiger charge is 2.19. The van der Waals surface area contributed by atoms with Crippen LogP contribution in [0.1, 0.15) is 44.2 Å². The van der Waals surface area contributed by atoms with E-state index >= 15 is 0 Å². The maximum absolute atomic E-state index is 5.40. The molecule has 1 fully saturated rings. The lowest BCUT2D eigenvalue weighted by atomic mass is 9.89. The largest absolute Gasteiger partial charge is 0.320 e. The molecule has 2 rings (SSSR count). The summed E-state index contributed by atoms with van der Waals surface area (Å²) in [6.45, 7) is 8.68. The Morgan fingerprint density at radius 3 is 2.62 bits per heavy atom. The second-order valence-corrected chi connectivity index (χ2v) is 6.41. The Kier molecular flexibility index (Phi) is 6.29. The van der Waals surface area contributed by atoms with Crippen LogP contribution in [0.5, 0.6) is 0 Å². The van der Waals surface area contributed by atoms with Crippen molar-refractivity contribution in [3.8, 4) is 11.8 Å². The molecule has 1 heterocycles. The van der Waals surface area contributed by atoms with Crippen molar-refractivity contribution in [2.45, 2.75) is 39.7 Å². The molecule has 1 aliphatic heterocycles. The van der Waals surface area contributed by atoms with E-state index in [2.05, 4.69) is 54.9 Å². The number of nitrogens with zero attached hydrogens (tertiary/aromatic N) is 1. The smallest absolute Gasteiger partial charge is 0.0555 e. The molecular formula is C19H28N2. The van der Waals surface area contributed by atoms with Crippen molar-refractivity contribution in [1.82, 2.24) is 4.90 Å². The summed E-state index contributed by atoms with van der Waals surface area (Å²) in [4.78, 5) is 2.60. The van der Waals surface area contributed by atoms with Crippen molar-refractivity contribution in [2.75, 3.05) is 19.6 Å². The molecule has 114 valence electrons. The molecular weight excluding hydrogens is 256 g/mol. The van der Waals surface area contributed by atoms with Gasteiger partial charge in [-0.05, 0) is 61.9 Å². The van der Waals surface area contributed by atoms with Gasteiger partial charge >= 0.3 is 0 Å². The lowest BCUT2D eigenvalue weighted by Gasteiger charge is -2.21. The molecule has 1 aromatic carbocycles. The standard InChI is InChI=1S/C19H28N2/c1-16(2)19-6-4-13-21(14-11-19)15-18-9-7-17(8-10-18)5-3-12-20/h7-10,16,19H,4,6,11-15,20H2,1-2H3. The van der Waals surface area contributed by atoms with Crippen LogP contribution in [0.15, 0.2) is 24.3 Å². The Hall–Kier alpha value is -1.30. The third kappa shape index (κ3) is 5.19. The van der Waals surface area contributed by atoms with Crippen LogP contribution in [0.4, 0.5) is 0 Å². The first-order valence-electron chi connectivity index (χ1n) is 8.19. The van der Waals surface area contributed by atoms with Gasteiger partial charge in [0.1, 0.15) is 0 Å². The molecule has 0 radical (unpaired) electrons. The average Bonchev–Trinajstić information content (AvgIpc) is 2.72. The van der Waals surface area contributed by atoms with Gasteiger partial charge in [-0.2, -0.15) is 0 Å². The van der Waals surface area contributed by atoms with Gasteiger partial charge in [0.25, 0.3) is 0 Å². The van der Waals surface area contributed by atoms with Crippen molar-refractivity contribution >= 4 is 0 Å². The zero-order valence-corrected chi connectivity index (χ0v) is 13.4. The average molecular weight is 284 g/mol. The van der Waals surface area contributed by atoms with Gasteiger partial charge in [-0.3, -0.25) is 4.90 Å². The second-order valence-electron chi connectivity index (χ2n) is 6.41. The fraction of sp³-hybridized carbons (Fsp3) is 0.579. The molecule has 0 saturated carbocycles. The third-order valence-corrected chi connectivity index (χ3v) is 4.50. The Bertz CT molecular complexity index is 479. The molecule has 1 aliphatic rings. The fourth-order valence-corrected chi connectivity index (χ4v) is 3.11. The molecule has 2 N–H and O–H groups in total. The molecule has 21 heavy (non-hydrogen) atoms. The Morgan fingerprint density at radius 1 is 1.19 bits per heavy atom. The van der Waals surface area contributed by atoms with Crippen molar-refractivity contribution in [3.63, 3.8) is 0 Å². The van der Waals surface area contributed by atoms with Gasteiger partial charge in [0.05, 0.1) is 6.54 Å². The van der Waals surface area contributed by atoms with Gasteiger partial charge in [0, 0.05) is 12.1 Å². The molecule has 2 heteroatoms. The van der Waals surface area contributed by atoms with Crippen molar-refractivity contribution < 1.29 is 0 Å². The summed E-state index contributed by atoms with van der Waals surface area (Å²) in [6, 6.07) is 8.61. The third-order valence-electron chi connectivity index (χ3n) is 4.50. The van der Waals surface area contributed by atoms with E-state index in [0.29, 0.717) is 6.54 Å². The summed E-state index contributed by atoms with van der Waals surface area (Å²) in [5, 5.41) is 0. The van der Waals surface area contributed by atoms with Gasteiger partial charge < -0.3 is 5.73 Å². The monoisotopic (exact) mass is 284 g/mol. The molecule has 0 aliphatic carbocycles. The van der Waals surface area contributed by atoms with Crippen molar-refractivity contribution in [1.29, 1.82) is 0 Å². The van der Waals surface area contributed by atoms with Crippen molar-refractivity contribution in [3.05, 3.63) is 35.4 Å². The first kappa shape index (κ1) is 16.1. The first-order valence-corrected chi connectivity index (χ1v) is 8.19. The highest BCUT2D eigenvalue weighted by molar-refractivity contribution is 5.36. The Labute approximate surface area is 129 Å².